The highest BCUT2D eigenvalue weighted by Gasteiger charge is 2.27. The minimum Gasteiger partial charge on any atom is -0.366 e. The molecule has 1 saturated heterocycles. The molecule has 0 spiro atoms. The molecule has 3 aromatic rings. The summed E-state index contributed by atoms with van der Waals surface area (Å²) in [5.74, 6) is 0.466. The Kier molecular flexibility index (Phi) is 3.98. The maximum Gasteiger partial charge on any atom is 0.256 e. The maximum absolute atomic E-state index is 12.7. The summed E-state index contributed by atoms with van der Waals surface area (Å²) in [5, 5.41) is 7.21. The average Bonchev–Trinajstić information content (AvgIpc) is 3.19. The maximum atomic E-state index is 12.7. The first kappa shape index (κ1) is 15.8. The molecule has 0 radical (unpaired) electrons. The number of ether oxygens (including phenoxy) is 1. The van der Waals surface area contributed by atoms with E-state index in [1.807, 2.05) is 49.1 Å². The van der Waals surface area contributed by atoms with Gasteiger partial charge in [-0.15, -0.1) is 0 Å². The van der Waals surface area contributed by atoms with Crippen LogP contribution in [0.4, 0.5) is 5.82 Å². The van der Waals surface area contributed by atoms with Crippen LogP contribution in [0.25, 0.3) is 16.9 Å². The Balaban J connectivity index is 1.71. The van der Waals surface area contributed by atoms with E-state index >= 15 is 0 Å². The Labute approximate surface area is 145 Å². The molecule has 0 saturated carbocycles. The highest BCUT2D eigenvalue weighted by atomic mass is 16.5. The molecule has 1 unspecified atom stereocenters. The standard InChI is InChI=1S/C17H20N6O2/c1-21-7-8-25-13(11-21)17(24)20-16-15(12-9-18-22(2)10-12)19-14-5-3-4-6-23(14)16/h3-6,9-10,13H,7-8,11H2,1-2H3,(H,20,24). The van der Waals surface area contributed by atoms with E-state index in [1.165, 1.54) is 0 Å². The molecule has 1 fully saturated rings. The third-order valence-corrected chi connectivity index (χ3v) is 4.31. The van der Waals surface area contributed by atoms with Crippen LogP contribution >= 0.6 is 0 Å². The number of anilines is 1. The van der Waals surface area contributed by atoms with Crippen molar-refractivity contribution in [3.05, 3.63) is 36.8 Å². The van der Waals surface area contributed by atoms with E-state index in [0.29, 0.717) is 24.7 Å². The molecular formula is C17H20N6O2. The van der Waals surface area contributed by atoms with Crippen LogP contribution in [-0.2, 0) is 16.6 Å². The van der Waals surface area contributed by atoms with Gasteiger partial charge in [-0.05, 0) is 19.2 Å². The van der Waals surface area contributed by atoms with Crippen LogP contribution in [-0.4, -0.2) is 62.8 Å². The molecule has 0 aromatic carbocycles. The molecule has 8 heteroatoms. The van der Waals surface area contributed by atoms with Crippen molar-refractivity contribution in [2.45, 2.75) is 6.10 Å². The summed E-state index contributed by atoms with van der Waals surface area (Å²) in [6.07, 6.45) is 5.01. The van der Waals surface area contributed by atoms with Crippen molar-refractivity contribution in [2.24, 2.45) is 7.05 Å². The quantitative estimate of drug-likeness (QED) is 0.770. The van der Waals surface area contributed by atoms with E-state index in [9.17, 15) is 4.79 Å². The Morgan fingerprint density at radius 3 is 3.00 bits per heavy atom. The van der Waals surface area contributed by atoms with Gasteiger partial charge in [-0.1, -0.05) is 6.07 Å². The number of nitrogens with one attached hydrogen (secondary N) is 1. The number of rotatable bonds is 3. The van der Waals surface area contributed by atoms with E-state index in [0.717, 1.165) is 17.8 Å². The Morgan fingerprint density at radius 1 is 1.36 bits per heavy atom. The first-order valence-electron chi connectivity index (χ1n) is 8.19. The number of morpholine rings is 1. The molecule has 1 amide bonds. The zero-order valence-corrected chi connectivity index (χ0v) is 14.2. The number of imidazole rings is 1. The van der Waals surface area contributed by atoms with Crippen molar-refractivity contribution >= 4 is 17.4 Å². The van der Waals surface area contributed by atoms with Crippen LogP contribution < -0.4 is 5.32 Å². The molecule has 0 aliphatic carbocycles. The van der Waals surface area contributed by atoms with Crippen LogP contribution in [0.1, 0.15) is 0 Å². The number of hydrogen-bond acceptors (Lipinski definition) is 5. The monoisotopic (exact) mass is 340 g/mol. The number of fused-ring (bicyclic) bond motifs is 1. The number of carbonyl (C=O) groups is 1. The molecule has 3 aromatic heterocycles. The topological polar surface area (TPSA) is 76.7 Å². The van der Waals surface area contributed by atoms with Crippen LogP contribution in [0.2, 0.25) is 0 Å². The van der Waals surface area contributed by atoms with Gasteiger partial charge in [0, 0.05) is 38.1 Å². The van der Waals surface area contributed by atoms with Gasteiger partial charge in [-0.3, -0.25) is 13.9 Å². The molecule has 1 N–H and O–H groups in total. The number of aryl methyl sites for hydroxylation is 1. The van der Waals surface area contributed by atoms with Crippen molar-refractivity contribution in [3.8, 4) is 11.3 Å². The van der Waals surface area contributed by atoms with Gasteiger partial charge in [0.25, 0.3) is 5.91 Å². The summed E-state index contributed by atoms with van der Waals surface area (Å²) < 4.78 is 9.20. The first-order chi connectivity index (χ1) is 12.1. The van der Waals surface area contributed by atoms with E-state index in [4.69, 9.17) is 4.74 Å². The van der Waals surface area contributed by atoms with E-state index in [-0.39, 0.29) is 5.91 Å². The lowest BCUT2D eigenvalue weighted by molar-refractivity contribution is -0.132. The van der Waals surface area contributed by atoms with Gasteiger partial charge in [0.15, 0.2) is 0 Å². The second-order valence-electron chi connectivity index (χ2n) is 6.25. The minimum absolute atomic E-state index is 0.164. The largest absolute Gasteiger partial charge is 0.366 e. The third-order valence-electron chi connectivity index (χ3n) is 4.31. The number of hydrogen-bond donors (Lipinski definition) is 1. The number of likely N-dealkylation sites (N-methyl/N-ethyl adjacent to an activating group) is 1. The lowest BCUT2D eigenvalue weighted by Gasteiger charge is -2.29. The number of nitrogens with zero attached hydrogens (tertiary/aromatic N) is 5. The Bertz CT molecular complexity index is 915. The fourth-order valence-electron chi connectivity index (χ4n) is 2.99. The highest BCUT2D eigenvalue weighted by Crippen LogP contribution is 2.28. The number of aromatic nitrogens is 4. The third kappa shape index (κ3) is 3.01. The van der Waals surface area contributed by atoms with Gasteiger partial charge in [0.05, 0.1) is 12.8 Å². The molecule has 0 bridgehead atoms. The lowest BCUT2D eigenvalue weighted by Crippen LogP contribution is -2.46. The average molecular weight is 340 g/mol. The number of amides is 1. The van der Waals surface area contributed by atoms with Crippen molar-refractivity contribution in [1.29, 1.82) is 0 Å². The molecule has 4 rings (SSSR count). The predicted octanol–water partition coefficient (Wildman–Crippen LogP) is 1.00. The molecule has 1 aliphatic rings. The summed E-state index contributed by atoms with van der Waals surface area (Å²) in [7, 11) is 3.83. The van der Waals surface area contributed by atoms with Gasteiger partial charge in [-0.2, -0.15) is 5.10 Å². The lowest BCUT2D eigenvalue weighted by atomic mass is 10.2. The summed E-state index contributed by atoms with van der Waals surface area (Å²) >= 11 is 0. The molecule has 25 heavy (non-hydrogen) atoms. The van der Waals surface area contributed by atoms with Gasteiger partial charge in [0.1, 0.15) is 23.3 Å². The van der Waals surface area contributed by atoms with Crippen molar-refractivity contribution < 1.29 is 9.53 Å². The summed E-state index contributed by atoms with van der Waals surface area (Å²) in [4.78, 5) is 19.5. The minimum atomic E-state index is -0.491. The SMILES string of the molecule is CN1CCOC(C(=O)Nc2c(-c3cnn(C)c3)nc3ccccn23)C1. The van der Waals surface area contributed by atoms with Crippen LogP contribution in [0.5, 0.6) is 0 Å². The van der Waals surface area contributed by atoms with E-state index in [1.54, 1.807) is 10.9 Å². The first-order valence-corrected chi connectivity index (χ1v) is 8.19. The summed E-state index contributed by atoms with van der Waals surface area (Å²) in [6.45, 7) is 1.96. The molecule has 4 heterocycles. The molecule has 1 atom stereocenters. The van der Waals surface area contributed by atoms with Crippen LogP contribution in [0, 0.1) is 0 Å². The number of carbonyl (C=O) groups excluding carboxylic acids is 1. The summed E-state index contributed by atoms with van der Waals surface area (Å²) in [6, 6.07) is 5.73. The smallest absolute Gasteiger partial charge is 0.256 e. The fraction of sp³-hybridized carbons (Fsp3) is 0.353. The van der Waals surface area contributed by atoms with Crippen LogP contribution in [0.3, 0.4) is 0 Å². The highest BCUT2D eigenvalue weighted by molar-refractivity contribution is 5.97. The normalized spacial score (nSPS) is 18.6. The second kappa shape index (κ2) is 6.30. The Morgan fingerprint density at radius 2 is 2.24 bits per heavy atom. The van der Waals surface area contributed by atoms with E-state index < -0.39 is 6.10 Å². The van der Waals surface area contributed by atoms with Gasteiger partial charge < -0.3 is 15.0 Å². The predicted molar refractivity (Wildman–Crippen MR) is 93.3 cm³/mol. The van der Waals surface area contributed by atoms with Crippen molar-refractivity contribution in [1.82, 2.24) is 24.1 Å². The van der Waals surface area contributed by atoms with Gasteiger partial charge in [-0.25, -0.2) is 4.98 Å². The van der Waals surface area contributed by atoms with Gasteiger partial charge in [0.2, 0.25) is 0 Å². The summed E-state index contributed by atoms with van der Waals surface area (Å²) in [5.41, 5.74) is 2.30. The molecule has 130 valence electrons. The van der Waals surface area contributed by atoms with Crippen LogP contribution in [0.15, 0.2) is 36.8 Å². The van der Waals surface area contributed by atoms with Gasteiger partial charge >= 0.3 is 0 Å². The number of pyridine rings is 1. The van der Waals surface area contributed by atoms with Crippen molar-refractivity contribution in [3.63, 3.8) is 0 Å². The molecule has 1 aliphatic heterocycles. The Hall–Kier alpha value is -2.71. The fourth-order valence-corrected chi connectivity index (χ4v) is 2.99. The molecule has 8 nitrogen and oxygen atoms in total. The zero-order valence-electron chi connectivity index (χ0n) is 14.2. The van der Waals surface area contributed by atoms with Crippen molar-refractivity contribution in [2.75, 3.05) is 32.1 Å². The second-order valence-corrected chi connectivity index (χ2v) is 6.25. The zero-order chi connectivity index (χ0) is 17.4. The molecular weight excluding hydrogens is 320 g/mol. The van der Waals surface area contributed by atoms with E-state index in [2.05, 4.69) is 20.3 Å².